The molecule has 1 aromatic carbocycles. The number of thiazole rings is 1. The molecular formula is C13H8N4O2S. The van der Waals surface area contributed by atoms with Crippen LogP contribution in [-0.2, 0) is 0 Å². The van der Waals surface area contributed by atoms with Crippen molar-refractivity contribution in [2.75, 3.05) is 5.73 Å². The fourth-order valence-corrected chi connectivity index (χ4v) is 2.70. The van der Waals surface area contributed by atoms with E-state index in [1.54, 1.807) is 18.6 Å². The molecule has 0 saturated carbocycles. The fraction of sp³-hybridized carbons (Fsp3) is 0. The maximum Gasteiger partial charge on any atom is 0.258 e. The van der Waals surface area contributed by atoms with E-state index in [-0.39, 0.29) is 0 Å². The third kappa shape index (κ3) is 1.76. The number of benzene rings is 1. The molecule has 0 aliphatic heterocycles. The molecule has 7 heteroatoms. The van der Waals surface area contributed by atoms with Crippen LogP contribution < -0.4 is 5.73 Å². The van der Waals surface area contributed by atoms with E-state index < -0.39 is 0 Å². The molecule has 4 rings (SSSR count). The first-order valence-corrected chi connectivity index (χ1v) is 6.64. The van der Waals surface area contributed by atoms with Crippen LogP contribution in [0.15, 0.2) is 45.7 Å². The van der Waals surface area contributed by atoms with Gasteiger partial charge in [-0.05, 0) is 24.3 Å². The lowest BCUT2D eigenvalue weighted by molar-refractivity contribution is 0.432. The van der Waals surface area contributed by atoms with Gasteiger partial charge in [0, 0.05) is 5.56 Å². The highest BCUT2D eigenvalue weighted by molar-refractivity contribution is 7.22. The van der Waals surface area contributed by atoms with E-state index in [0.717, 1.165) is 21.3 Å². The Kier molecular flexibility index (Phi) is 2.33. The zero-order valence-electron chi connectivity index (χ0n) is 10.1. The Hall–Kier alpha value is -2.67. The lowest BCUT2D eigenvalue weighted by atomic mass is 10.2. The van der Waals surface area contributed by atoms with Crippen LogP contribution in [0.3, 0.4) is 0 Å². The van der Waals surface area contributed by atoms with Crippen molar-refractivity contribution in [1.82, 2.24) is 15.1 Å². The van der Waals surface area contributed by atoms with Gasteiger partial charge >= 0.3 is 0 Å². The summed E-state index contributed by atoms with van der Waals surface area (Å²) in [5.74, 6) is 0.952. The van der Waals surface area contributed by atoms with Gasteiger partial charge in [-0.25, -0.2) is 4.98 Å². The van der Waals surface area contributed by atoms with Crippen LogP contribution in [-0.4, -0.2) is 15.1 Å². The topological polar surface area (TPSA) is 91.0 Å². The van der Waals surface area contributed by atoms with Crippen LogP contribution in [0.5, 0.6) is 0 Å². The van der Waals surface area contributed by atoms with E-state index in [9.17, 15) is 0 Å². The summed E-state index contributed by atoms with van der Waals surface area (Å²) in [5.41, 5.74) is 8.18. The van der Waals surface area contributed by atoms with Gasteiger partial charge in [-0.3, -0.25) is 0 Å². The van der Waals surface area contributed by atoms with Gasteiger partial charge in [0.1, 0.15) is 6.26 Å². The first kappa shape index (κ1) is 11.2. The molecule has 2 N–H and O–H groups in total. The monoisotopic (exact) mass is 284 g/mol. The van der Waals surface area contributed by atoms with E-state index in [0.29, 0.717) is 16.8 Å². The average Bonchev–Trinajstić information content (AvgIpc) is 3.17. The lowest BCUT2D eigenvalue weighted by Gasteiger charge is -1.93. The Bertz CT molecular complexity index is 879. The van der Waals surface area contributed by atoms with E-state index in [1.807, 2.05) is 18.2 Å². The molecule has 0 aliphatic rings. The number of nitrogen functional groups attached to an aromatic ring is 1. The largest absolute Gasteiger partial charge is 0.472 e. The Balaban J connectivity index is 1.78. The van der Waals surface area contributed by atoms with Crippen molar-refractivity contribution in [3.05, 3.63) is 36.8 Å². The second kappa shape index (κ2) is 4.17. The summed E-state index contributed by atoms with van der Waals surface area (Å²) in [6.07, 6.45) is 3.14. The fourth-order valence-electron chi connectivity index (χ4n) is 1.93. The molecule has 0 fully saturated rings. The third-order valence-corrected chi connectivity index (χ3v) is 3.70. The van der Waals surface area contributed by atoms with Crippen molar-refractivity contribution < 1.29 is 8.94 Å². The summed E-state index contributed by atoms with van der Waals surface area (Å²) in [4.78, 5) is 8.56. The molecule has 3 aromatic heterocycles. The van der Waals surface area contributed by atoms with E-state index in [1.165, 1.54) is 11.3 Å². The average molecular weight is 284 g/mol. The van der Waals surface area contributed by atoms with Gasteiger partial charge in [0.25, 0.3) is 5.89 Å². The highest BCUT2D eigenvalue weighted by Gasteiger charge is 2.12. The number of nitrogens with two attached hydrogens (primary N) is 1. The molecule has 0 amide bonds. The van der Waals surface area contributed by atoms with Crippen LogP contribution in [0, 0.1) is 0 Å². The van der Waals surface area contributed by atoms with Crippen LogP contribution >= 0.6 is 11.3 Å². The lowest BCUT2D eigenvalue weighted by Crippen LogP contribution is -1.80. The summed E-state index contributed by atoms with van der Waals surface area (Å²) in [6, 6.07) is 7.49. The first-order valence-electron chi connectivity index (χ1n) is 5.82. The number of nitrogens with zero attached hydrogens (tertiary/aromatic N) is 3. The minimum Gasteiger partial charge on any atom is -0.472 e. The second-order valence-electron chi connectivity index (χ2n) is 4.17. The van der Waals surface area contributed by atoms with Crippen LogP contribution in [0.2, 0.25) is 0 Å². The maximum atomic E-state index is 5.69. The number of fused-ring (bicyclic) bond motifs is 1. The van der Waals surface area contributed by atoms with Gasteiger partial charge in [0.05, 0.1) is 22.0 Å². The van der Waals surface area contributed by atoms with Crippen molar-refractivity contribution >= 4 is 26.7 Å². The van der Waals surface area contributed by atoms with Crippen LogP contribution in [0.1, 0.15) is 0 Å². The summed E-state index contributed by atoms with van der Waals surface area (Å²) in [7, 11) is 0. The number of hydrogen-bond donors (Lipinski definition) is 1. The molecule has 0 aliphatic carbocycles. The third-order valence-electron chi connectivity index (χ3n) is 2.86. The smallest absolute Gasteiger partial charge is 0.258 e. The first-order chi connectivity index (χ1) is 9.79. The van der Waals surface area contributed by atoms with Gasteiger partial charge in [-0.1, -0.05) is 16.5 Å². The molecule has 3 heterocycles. The molecule has 0 atom stereocenters. The van der Waals surface area contributed by atoms with Gasteiger partial charge in [-0.15, -0.1) is 0 Å². The highest BCUT2D eigenvalue weighted by Crippen LogP contribution is 2.29. The predicted octanol–water partition coefficient (Wildman–Crippen LogP) is 3.19. The molecular weight excluding hydrogens is 276 g/mol. The molecule has 98 valence electrons. The molecule has 0 spiro atoms. The number of aromatic nitrogens is 3. The molecule has 0 saturated heterocycles. The van der Waals surface area contributed by atoms with Gasteiger partial charge in [0.15, 0.2) is 5.13 Å². The van der Waals surface area contributed by atoms with E-state index in [2.05, 4.69) is 15.1 Å². The maximum absolute atomic E-state index is 5.69. The Labute approximate surface area is 116 Å². The number of rotatable bonds is 2. The van der Waals surface area contributed by atoms with Crippen molar-refractivity contribution in [1.29, 1.82) is 0 Å². The highest BCUT2D eigenvalue weighted by atomic mass is 32.1. The Morgan fingerprint density at radius 3 is 2.90 bits per heavy atom. The standard InChI is InChI=1S/C13H8N4O2S/c14-13-15-9-2-1-7(5-10(9)20-13)12-16-11(17-19-12)8-3-4-18-6-8/h1-6H,(H2,14,15). The van der Waals surface area contributed by atoms with Gasteiger partial charge < -0.3 is 14.7 Å². The van der Waals surface area contributed by atoms with Gasteiger partial charge in [-0.2, -0.15) is 4.98 Å². The quantitative estimate of drug-likeness (QED) is 0.608. The summed E-state index contributed by atoms with van der Waals surface area (Å²) < 4.78 is 11.3. The minimum absolute atomic E-state index is 0.454. The van der Waals surface area contributed by atoms with Crippen molar-refractivity contribution in [2.45, 2.75) is 0 Å². The molecule has 0 unspecified atom stereocenters. The zero-order valence-corrected chi connectivity index (χ0v) is 10.9. The summed E-state index contributed by atoms with van der Waals surface area (Å²) in [5, 5.41) is 4.48. The van der Waals surface area contributed by atoms with Crippen molar-refractivity contribution in [2.24, 2.45) is 0 Å². The predicted molar refractivity (Wildman–Crippen MR) is 75.0 cm³/mol. The van der Waals surface area contributed by atoms with Crippen LogP contribution in [0.25, 0.3) is 33.1 Å². The zero-order chi connectivity index (χ0) is 13.5. The molecule has 20 heavy (non-hydrogen) atoms. The normalized spacial score (nSPS) is 11.2. The van der Waals surface area contributed by atoms with E-state index in [4.69, 9.17) is 14.7 Å². The number of hydrogen-bond acceptors (Lipinski definition) is 7. The minimum atomic E-state index is 0.454. The SMILES string of the molecule is Nc1nc2ccc(-c3nc(-c4ccoc4)no3)cc2s1. The van der Waals surface area contributed by atoms with Gasteiger partial charge in [0.2, 0.25) is 5.82 Å². The molecule has 0 bridgehead atoms. The summed E-state index contributed by atoms with van der Waals surface area (Å²) in [6.45, 7) is 0. The van der Waals surface area contributed by atoms with Crippen molar-refractivity contribution in [3.8, 4) is 22.8 Å². The van der Waals surface area contributed by atoms with E-state index >= 15 is 0 Å². The Morgan fingerprint density at radius 1 is 1.10 bits per heavy atom. The molecule has 6 nitrogen and oxygen atoms in total. The Morgan fingerprint density at radius 2 is 2.05 bits per heavy atom. The van der Waals surface area contributed by atoms with Crippen LogP contribution in [0.4, 0.5) is 5.13 Å². The van der Waals surface area contributed by atoms with Crippen molar-refractivity contribution in [3.63, 3.8) is 0 Å². The molecule has 0 radical (unpaired) electrons. The number of furan rings is 1. The summed E-state index contributed by atoms with van der Waals surface area (Å²) >= 11 is 1.43. The molecule has 4 aromatic rings. The second-order valence-corrected chi connectivity index (χ2v) is 5.23. The number of anilines is 1.